The molecule has 0 saturated heterocycles. The van der Waals surface area contributed by atoms with Crippen LogP contribution >= 0.6 is 0 Å². The molecule has 0 spiro atoms. The minimum absolute atomic E-state index is 0.274. The molecule has 0 saturated carbocycles. The lowest BCUT2D eigenvalue weighted by Gasteiger charge is -2.29. The van der Waals surface area contributed by atoms with Gasteiger partial charge in [0.2, 0.25) is 0 Å². The Labute approximate surface area is 189 Å². The molecule has 0 fully saturated rings. The fourth-order valence-electron chi connectivity index (χ4n) is 3.79. The van der Waals surface area contributed by atoms with Gasteiger partial charge in [-0.25, -0.2) is 0 Å². The van der Waals surface area contributed by atoms with Gasteiger partial charge in [-0.2, -0.15) is 0 Å². The number of unbranched alkanes of at least 4 members (excludes halogenated alkanes) is 5. The average molecular weight is 434 g/mol. The number of ether oxygens (including phenoxy) is 2. The third-order valence-corrected chi connectivity index (χ3v) is 5.78. The van der Waals surface area contributed by atoms with Gasteiger partial charge in [-0.05, 0) is 56.1 Å². The predicted octanol–water partition coefficient (Wildman–Crippen LogP) is 5.52. The van der Waals surface area contributed by atoms with Gasteiger partial charge in [-0.15, -0.1) is 0 Å². The van der Waals surface area contributed by atoms with Crippen molar-refractivity contribution in [3.63, 3.8) is 0 Å². The normalized spacial score (nSPS) is 12.9. The molecule has 0 aliphatic carbocycles. The van der Waals surface area contributed by atoms with E-state index in [1.807, 2.05) is 0 Å². The molecule has 0 aliphatic rings. The molecule has 1 aromatic rings. The van der Waals surface area contributed by atoms with Gasteiger partial charge in [-0.1, -0.05) is 63.3 Å². The van der Waals surface area contributed by atoms with Gasteiger partial charge < -0.3 is 15.2 Å². The van der Waals surface area contributed by atoms with Gasteiger partial charge in [0.15, 0.2) is 0 Å². The molecule has 5 nitrogen and oxygen atoms in total. The minimum Gasteiger partial charge on any atom is -0.466 e. The summed E-state index contributed by atoms with van der Waals surface area (Å²) in [5.41, 5.74) is 8.88. The van der Waals surface area contributed by atoms with E-state index in [0.717, 1.165) is 25.7 Å². The van der Waals surface area contributed by atoms with E-state index in [1.54, 1.807) is 0 Å². The zero-order valence-electron chi connectivity index (χ0n) is 19.9. The summed E-state index contributed by atoms with van der Waals surface area (Å²) in [6, 6.07) is 8.88. The molecule has 0 aliphatic heterocycles. The highest BCUT2D eigenvalue weighted by Gasteiger charge is 2.25. The van der Waals surface area contributed by atoms with Crippen LogP contribution in [0.25, 0.3) is 0 Å². The molecule has 0 radical (unpaired) electrons. The lowest BCUT2D eigenvalue weighted by Crippen LogP contribution is -2.42. The highest BCUT2D eigenvalue weighted by atomic mass is 16.5. The smallest absolute Gasteiger partial charge is 0.302 e. The Balaban J connectivity index is 2.47. The van der Waals surface area contributed by atoms with E-state index < -0.39 is 5.54 Å². The van der Waals surface area contributed by atoms with E-state index in [1.165, 1.54) is 63.5 Å². The highest BCUT2D eigenvalue weighted by molar-refractivity contribution is 5.66. The first-order valence-corrected chi connectivity index (χ1v) is 12.0. The Bertz CT molecular complexity index is 629. The lowest BCUT2D eigenvalue weighted by molar-refractivity contribution is -0.142. The molecule has 176 valence electrons. The maximum Gasteiger partial charge on any atom is 0.302 e. The van der Waals surface area contributed by atoms with Crippen molar-refractivity contribution in [1.29, 1.82) is 0 Å². The topological polar surface area (TPSA) is 78.6 Å². The Morgan fingerprint density at radius 3 is 1.90 bits per heavy atom. The predicted molar refractivity (Wildman–Crippen MR) is 126 cm³/mol. The Hall–Kier alpha value is -1.88. The van der Waals surface area contributed by atoms with Crippen LogP contribution in [-0.4, -0.2) is 30.7 Å². The van der Waals surface area contributed by atoms with Crippen molar-refractivity contribution in [2.45, 2.75) is 103 Å². The van der Waals surface area contributed by atoms with Crippen molar-refractivity contribution >= 4 is 11.9 Å². The van der Waals surface area contributed by atoms with E-state index >= 15 is 0 Å². The van der Waals surface area contributed by atoms with Crippen LogP contribution in [0.15, 0.2) is 24.3 Å². The standard InChI is InChI=1S/C26H43NO4/c1-4-5-6-7-8-9-11-24-12-14-25(15-13-24)16-18-26(27,19-21-31-23(3)29)17-10-20-30-22(2)28/h12-15H,4-11,16-21,27H2,1-3H3. The molecule has 0 amide bonds. The van der Waals surface area contributed by atoms with Crippen LogP contribution in [0.3, 0.4) is 0 Å². The molecule has 0 heterocycles. The number of nitrogens with two attached hydrogens (primary N) is 1. The second-order valence-corrected chi connectivity index (χ2v) is 8.73. The molecule has 1 unspecified atom stereocenters. The Morgan fingerprint density at radius 2 is 1.29 bits per heavy atom. The summed E-state index contributed by atoms with van der Waals surface area (Å²) in [6.45, 7) is 5.75. The fraction of sp³-hybridized carbons (Fsp3) is 0.692. The van der Waals surface area contributed by atoms with Gasteiger partial charge in [0.05, 0.1) is 13.2 Å². The monoisotopic (exact) mass is 433 g/mol. The number of benzene rings is 1. The van der Waals surface area contributed by atoms with Crippen LogP contribution in [-0.2, 0) is 31.9 Å². The molecule has 31 heavy (non-hydrogen) atoms. The summed E-state index contributed by atoms with van der Waals surface area (Å²) in [5.74, 6) is -0.563. The van der Waals surface area contributed by atoms with Crippen molar-refractivity contribution in [2.24, 2.45) is 5.73 Å². The van der Waals surface area contributed by atoms with Crippen molar-refractivity contribution in [3.05, 3.63) is 35.4 Å². The van der Waals surface area contributed by atoms with Crippen molar-refractivity contribution in [1.82, 2.24) is 0 Å². The largest absolute Gasteiger partial charge is 0.466 e. The maximum atomic E-state index is 11.1. The third kappa shape index (κ3) is 13.9. The van der Waals surface area contributed by atoms with Crippen molar-refractivity contribution < 1.29 is 19.1 Å². The number of rotatable bonds is 17. The molecular formula is C26H43NO4. The van der Waals surface area contributed by atoms with Crippen LogP contribution in [0, 0.1) is 0 Å². The maximum absolute atomic E-state index is 11.1. The van der Waals surface area contributed by atoms with Gasteiger partial charge in [0, 0.05) is 19.4 Å². The molecule has 1 atom stereocenters. The fourth-order valence-corrected chi connectivity index (χ4v) is 3.79. The third-order valence-electron chi connectivity index (χ3n) is 5.78. The quantitative estimate of drug-likeness (QED) is 0.259. The van der Waals surface area contributed by atoms with E-state index in [0.29, 0.717) is 26.1 Å². The summed E-state index contributed by atoms with van der Waals surface area (Å²) < 4.78 is 10.1. The van der Waals surface area contributed by atoms with Gasteiger partial charge in [-0.3, -0.25) is 9.59 Å². The summed E-state index contributed by atoms with van der Waals surface area (Å²) in [6.07, 6.45) is 12.8. The minimum atomic E-state index is -0.452. The van der Waals surface area contributed by atoms with Gasteiger partial charge >= 0.3 is 11.9 Å². The molecule has 2 N–H and O–H groups in total. The van der Waals surface area contributed by atoms with Gasteiger partial charge in [0.1, 0.15) is 0 Å². The average Bonchev–Trinajstić information content (AvgIpc) is 2.73. The lowest BCUT2D eigenvalue weighted by atomic mass is 9.85. The van der Waals surface area contributed by atoms with Crippen LogP contribution in [0.2, 0.25) is 0 Å². The molecular weight excluding hydrogens is 390 g/mol. The number of aryl methyl sites for hydroxylation is 2. The zero-order valence-corrected chi connectivity index (χ0v) is 19.9. The first kappa shape index (κ1) is 27.2. The molecule has 1 rings (SSSR count). The van der Waals surface area contributed by atoms with E-state index in [-0.39, 0.29) is 11.9 Å². The Kier molecular flexibility index (Phi) is 13.9. The van der Waals surface area contributed by atoms with Crippen LogP contribution in [0.5, 0.6) is 0 Å². The second kappa shape index (κ2) is 15.9. The molecule has 1 aromatic carbocycles. The summed E-state index contributed by atoms with van der Waals surface area (Å²) >= 11 is 0. The number of hydrogen-bond acceptors (Lipinski definition) is 5. The van der Waals surface area contributed by atoms with E-state index in [4.69, 9.17) is 15.2 Å². The number of carbonyl (C=O) groups is 2. The Morgan fingerprint density at radius 1 is 0.742 bits per heavy atom. The summed E-state index contributed by atoms with van der Waals surface area (Å²) in [4.78, 5) is 22.1. The first-order valence-electron chi connectivity index (χ1n) is 12.0. The van der Waals surface area contributed by atoms with Gasteiger partial charge in [0.25, 0.3) is 0 Å². The molecule has 0 bridgehead atoms. The molecule has 0 aromatic heterocycles. The molecule has 5 heteroatoms. The number of esters is 2. The first-order chi connectivity index (χ1) is 14.8. The SMILES string of the molecule is CCCCCCCCc1ccc(CCC(N)(CCCOC(C)=O)CCOC(C)=O)cc1. The van der Waals surface area contributed by atoms with Crippen molar-refractivity contribution in [2.75, 3.05) is 13.2 Å². The van der Waals surface area contributed by atoms with Crippen LogP contribution < -0.4 is 5.73 Å². The van der Waals surface area contributed by atoms with Crippen LogP contribution in [0.1, 0.15) is 96.1 Å². The zero-order chi connectivity index (χ0) is 23.0. The van der Waals surface area contributed by atoms with E-state index in [9.17, 15) is 9.59 Å². The summed E-state index contributed by atoms with van der Waals surface area (Å²) in [5, 5.41) is 0. The number of hydrogen-bond donors (Lipinski definition) is 1. The highest BCUT2D eigenvalue weighted by Crippen LogP contribution is 2.22. The van der Waals surface area contributed by atoms with Crippen LogP contribution in [0.4, 0.5) is 0 Å². The van der Waals surface area contributed by atoms with E-state index in [2.05, 4.69) is 31.2 Å². The summed E-state index contributed by atoms with van der Waals surface area (Å²) in [7, 11) is 0. The van der Waals surface area contributed by atoms with Crippen molar-refractivity contribution in [3.8, 4) is 0 Å². The number of carbonyl (C=O) groups excluding carboxylic acids is 2. The second-order valence-electron chi connectivity index (χ2n) is 8.73.